The summed E-state index contributed by atoms with van der Waals surface area (Å²) in [7, 11) is 0. The normalized spacial score (nSPS) is 25.9. The van der Waals surface area contributed by atoms with E-state index in [0.29, 0.717) is 17.5 Å². The number of nitrogens with one attached hydrogen (secondary N) is 1. The zero-order valence-electron chi connectivity index (χ0n) is 15.2. The molecule has 1 fully saturated rings. The third-order valence-corrected chi connectivity index (χ3v) is 5.24. The molecule has 1 aliphatic rings. The van der Waals surface area contributed by atoms with Gasteiger partial charge in [0.15, 0.2) is 0 Å². The molecule has 2 heteroatoms. The summed E-state index contributed by atoms with van der Waals surface area (Å²) in [5.41, 5.74) is 0.396. The lowest BCUT2D eigenvalue weighted by Crippen LogP contribution is -2.60. The van der Waals surface area contributed by atoms with E-state index in [0.717, 1.165) is 24.3 Å². The zero-order valence-corrected chi connectivity index (χ0v) is 15.2. The first-order valence-corrected chi connectivity index (χ1v) is 8.61. The SMILES string of the molecule is CC(C)CC1CN(CC(C)(C)C(C)C)C(C(C)C)CN1. The van der Waals surface area contributed by atoms with Gasteiger partial charge in [0, 0.05) is 31.7 Å². The van der Waals surface area contributed by atoms with Gasteiger partial charge in [-0.05, 0) is 29.6 Å². The molecule has 1 rings (SSSR count). The highest BCUT2D eigenvalue weighted by Gasteiger charge is 2.34. The van der Waals surface area contributed by atoms with Gasteiger partial charge in [0.1, 0.15) is 0 Å². The van der Waals surface area contributed by atoms with Crippen molar-refractivity contribution in [2.45, 2.75) is 73.9 Å². The Morgan fingerprint density at radius 1 is 1.10 bits per heavy atom. The smallest absolute Gasteiger partial charge is 0.0244 e. The molecule has 2 atom stereocenters. The van der Waals surface area contributed by atoms with Crippen LogP contribution >= 0.6 is 0 Å². The molecule has 120 valence electrons. The van der Waals surface area contributed by atoms with E-state index in [1.807, 2.05) is 0 Å². The fourth-order valence-corrected chi connectivity index (χ4v) is 3.17. The lowest BCUT2D eigenvalue weighted by Gasteiger charge is -2.47. The van der Waals surface area contributed by atoms with Crippen molar-refractivity contribution in [1.29, 1.82) is 0 Å². The number of nitrogens with zero attached hydrogens (tertiary/aromatic N) is 1. The third kappa shape index (κ3) is 5.04. The lowest BCUT2D eigenvalue weighted by molar-refractivity contribution is 0.0408. The number of hydrogen-bond acceptors (Lipinski definition) is 2. The highest BCUT2D eigenvalue weighted by atomic mass is 15.2. The Kier molecular flexibility index (Phi) is 6.53. The first-order chi connectivity index (χ1) is 9.13. The van der Waals surface area contributed by atoms with Gasteiger partial charge in [0.25, 0.3) is 0 Å². The van der Waals surface area contributed by atoms with Crippen LogP contribution in [0.5, 0.6) is 0 Å². The van der Waals surface area contributed by atoms with Crippen LogP contribution < -0.4 is 5.32 Å². The Labute approximate surface area is 127 Å². The van der Waals surface area contributed by atoms with Gasteiger partial charge in [-0.3, -0.25) is 4.90 Å². The van der Waals surface area contributed by atoms with E-state index in [1.165, 1.54) is 19.5 Å². The van der Waals surface area contributed by atoms with Crippen molar-refractivity contribution in [3.8, 4) is 0 Å². The topological polar surface area (TPSA) is 15.3 Å². The minimum absolute atomic E-state index is 0.396. The second-order valence-corrected chi connectivity index (χ2v) is 8.62. The van der Waals surface area contributed by atoms with Gasteiger partial charge >= 0.3 is 0 Å². The molecule has 2 unspecified atom stereocenters. The van der Waals surface area contributed by atoms with Gasteiger partial charge in [0.2, 0.25) is 0 Å². The minimum atomic E-state index is 0.396. The predicted octanol–water partition coefficient (Wildman–Crippen LogP) is 4.01. The number of hydrogen-bond donors (Lipinski definition) is 1. The quantitative estimate of drug-likeness (QED) is 0.792. The van der Waals surface area contributed by atoms with Crippen LogP contribution in [0.1, 0.15) is 61.8 Å². The second-order valence-electron chi connectivity index (χ2n) is 8.62. The Morgan fingerprint density at radius 3 is 2.15 bits per heavy atom. The van der Waals surface area contributed by atoms with Crippen LogP contribution in [0.3, 0.4) is 0 Å². The van der Waals surface area contributed by atoms with Gasteiger partial charge < -0.3 is 5.32 Å². The van der Waals surface area contributed by atoms with Crippen molar-refractivity contribution in [3.63, 3.8) is 0 Å². The molecule has 0 bridgehead atoms. The van der Waals surface area contributed by atoms with Crippen LogP contribution in [0, 0.1) is 23.2 Å². The van der Waals surface area contributed by atoms with E-state index in [9.17, 15) is 0 Å². The van der Waals surface area contributed by atoms with Crippen LogP contribution in [0.4, 0.5) is 0 Å². The molecule has 2 nitrogen and oxygen atoms in total. The van der Waals surface area contributed by atoms with Crippen molar-refractivity contribution in [3.05, 3.63) is 0 Å². The molecule has 0 radical (unpaired) electrons. The Hall–Kier alpha value is -0.0800. The molecular formula is C18H38N2. The number of rotatable bonds is 6. The highest BCUT2D eigenvalue weighted by Crippen LogP contribution is 2.30. The average molecular weight is 283 g/mol. The fraction of sp³-hybridized carbons (Fsp3) is 1.00. The first kappa shape index (κ1) is 18.0. The van der Waals surface area contributed by atoms with E-state index in [2.05, 4.69) is 65.6 Å². The molecular weight excluding hydrogens is 244 g/mol. The third-order valence-electron chi connectivity index (χ3n) is 5.24. The van der Waals surface area contributed by atoms with Gasteiger partial charge in [0.05, 0.1) is 0 Å². The maximum Gasteiger partial charge on any atom is 0.0244 e. The molecule has 1 saturated heterocycles. The molecule has 0 aliphatic carbocycles. The Bertz CT molecular complexity index is 281. The first-order valence-electron chi connectivity index (χ1n) is 8.61. The van der Waals surface area contributed by atoms with Crippen molar-refractivity contribution in [2.75, 3.05) is 19.6 Å². The number of piperazine rings is 1. The molecule has 1 heterocycles. The van der Waals surface area contributed by atoms with Crippen molar-refractivity contribution >= 4 is 0 Å². The molecule has 0 aromatic carbocycles. The summed E-state index contributed by atoms with van der Waals surface area (Å²) < 4.78 is 0. The Morgan fingerprint density at radius 2 is 1.70 bits per heavy atom. The maximum absolute atomic E-state index is 3.79. The standard InChI is InChI=1S/C18H38N2/c1-13(2)9-16-11-20(12-18(7,8)15(5)6)17(10-19-16)14(3)4/h13-17,19H,9-12H2,1-8H3. The molecule has 0 saturated carbocycles. The maximum atomic E-state index is 3.79. The van der Waals surface area contributed by atoms with E-state index in [4.69, 9.17) is 0 Å². The molecule has 0 aromatic heterocycles. The van der Waals surface area contributed by atoms with Crippen LogP contribution in [0.15, 0.2) is 0 Å². The summed E-state index contributed by atoms with van der Waals surface area (Å²) in [5.74, 6) is 2.24. The van der Waals surface area contributed by atoms with Gasteiger partial charge in [-0.25, -0.2) is 0 Å². The minimum Gasteiger partial charge on any atom is -0.311 e. The van der Waals surface area contributed by atoms with Gasteiger partial charge in [-0.2, -0.15) is 0 Å². The molecule has 1 aliphatic heterocycles. The summed E-state index contributed by atoms with van der Waals surface area (Å²) in [6.07, 6.45) is 1.30. The summed E-state index contributed by atoms with van der Waals surface area (Å²) in [4.78, 5) is 2.77. The largest absolute Gasteiger partial charge is 0.311 e. The Balaban J connectivity index is 2.73. The highest BCUT2D eigenvalue weighted by molar-refractivity contribution is 4.91. The summed E-state index contributed by atoms with van der Waals surface area (Å²) >= 11 is 0. The molecule has 1 N–H and O–H groups in total. The van der Waals surface area contributed by atoms with Gasteiger partial charge in [-0.1, -0.05) is 55.4 Å². The van der Waals surface area contributed by atoms with E-state index < -0.39 is 0 Å². The monoisotopic (exact) mass is 282 g/mol. The zero-order chi connectivity index (χ0) is 15.5. The van der Waals surface area contributed by atoms with Crippen molar-refractivity contribution in [2.24, 2.45) is 23.2 Å². The van der Waals surface area contributed by atoms with Crippen LogP contribution in [-0.2, 0) is 0 Å². The van der Waals surface area contributed by atoms with Crippen LogP contribution in [0.25, 0.3) is 0 Å². The summed E-state index contributed by atoms with van der Waals surface area (Å²) in [6.45, 7) is 22.6. The second kappa shape index (κ2) is 7.26. The fourth-order valence-electron chi connectivity index (χ4n) is 3.17. The lowest BCUT2D eigenvalue weighted by atomic mass is 9.79. The van der Waals surface area contributed by atoms with Gasteiger partial charge in [-0.15, -0.1) is 0 Å². The van der Waals surface area contributed by atoms with Crippen molar-refractivity contribution in [1.82, 2.24) is 10.2 Å². The van der Waals surface area contributed by atoms with E-state index in [-0.39, 0.29) is 0 Å². The van der Waals surface area contributed by atoms with E-state index >= 15 is 0 Å². The van der Waals surface area contributed by atoms with Crippen molar-refractivity contribution < 1.29 is 0 Å². The summed E-state index contributed by atoms with van der Waals surface area (Å²) in [5, 5.41) is 3.79. The van der Waals surface area contributed by atoms with Crippen LogP contribution in [-0.4, -0.2) is 36.6 Å². The molecule has 0 aromatic rings. The molecule has 0 amide bonds. The van der Waals surface area contributed by atoms with Crippen LogP contribution in [0.2, 0.25) is 0 Å². The summed E-state index contributed by atoms with van der Waals surface area (Å²) in [6, 6.07) is 1.37. The molecule has 0 spiro atoms. The predicted molar refractivity (Wildman–Crippen MR) is 90.1 cm³/mol. The van der Waals surface area contributed by atoms with E-state index in [1.54, 1.807) is 0 Å². The average Bonchev–Trinajstić information content (AvgIpc) is 2.26. The molecule has 20 heavy (non-hydrogen) atoms.